The van der Waals surface area contributed by atoms with Gasteiger partial charge in [0.25, 0.3) is 5.89 Å². The Kier molecular flexibility index (Phi) is 2.51. The molecule has 1 aliphatic carbocycles. The Bertz CT molecular complexity index is 517. The second-order valence-electron chi connectivity index (χ2n) is 4.40. The van der Waals surface area contributed by atoms with Gasteiger partial charge in [-0.2, -0.15) is 4.98 Å². The summed E-state index contributed by atoms with van der Waals surface area (Å²) in [5.41, 5.74) is 7.17. The molecule has 0 unspecified atom stereocenters. The summed E-state index contributed by atoms with van der Waals surface area (Å²) in [5, 5.41) is 4.05. The van der Waals surface area contributed by atoms with E-state index in [2.05, 4.69) is 15.1 Å². The quantitative estimate of drug-likeness (QED) is 0.856. The fourth-order valence-electron chi connectivity index (χ4n) is 2.28. The smallest absolute Gasteiger partial charge is 0.261 e. The van der Waals surface area contributed by atoms with Crippen LogP contribution >= 0.6 is 0 Å². The minimum Gasteiger partial charge on any atom is -0.398 e. The molecule has 3 rings (SSSR count). The molecule has 5 heteroatoms. The molecule has 1 fully saturated rings. The van der Waals surface area contributed by atoms with Crippen LogP contribution in [0.2, 0.25) is 0 Å². The van der Waals surface area contributed by atoms with E-state index in [0.29, 0.717) is 23.1 Å². The van der Waals surface area contributed by atoms with Crippen LogP contribution in [0, 0.1) is 0 Å². The first-order valence-electron chi connectivity index (χ1n) is 5.88. The van der Waals surface area contributed by atoms with Gasteiger partial charge < -0.3 is 10.3 Å². The van der Waals surface area contributed by atoms with Crippen LogP contribution in [0.1, 0.15) is 37.4 Å². The molecule has 0 saturated heterocycles. The van der Waals surface area contributed by atoms with Gasteiger partial charge in [-0.05, 0) is 18.9 Å². The van der Waals surface area contributed by atoms with Crippen LogP contribution in [-0.4, -0.2) is 15.1 Å². The molecule has 0 atom stereocenters. The van der Waals surface area contributed by atoms with Crippen LogP contribution in [0.5, 0.6) is 0 Å². The Hall–Kier alpha value is -1.91. The molecule has 2 aromatic heterocycles. The van der Waals surface area contributed by atoms with E-state index < -0.39 is 0 Å². The summed E-state index contributed by atoms with van der Waals surface area (Å²) in [4.78, 5) is 8.45. The lowest BCUT2D eigenvalue weighted by Gasteiger charge is -2.00. The molecule has 0 aliphatic heterocycles. The summed E-state index contributed by atoms with van der Waals surface area (Å²) in [6.45, 7) is 0. The van der Waals surface area contributed by atoms with Crippen LogP contribution in [0.4, 0.5) is 5.69 Å². The highest BCUT2D eigenvalue weighted by molar-refractivity contribution is 5.68. The monoisotopic (exact) mass is 230 g/mol. The molecule has 0 radical (unpaired) electrons. The summed E-state index contributed by atoms with van der Waals surface area (Å²) < 4.78 is 5.26. The third-order valence-corrected chi connectivity index (χ3v) is 3.25. The molecule has 2 N–H and O–H groups in total. The van der Waals surface area contributed by atoms with Crippen LogP contribution in [0.25, 0.3) is 11.5 Å². The number of rotatable bonds is 2. The van der Waals surface area contributed by atoms with E-state index in [1.165, 1.54) is 12.8 Å². The first-order valence-corrected chi connectivity index (χ1v) is 5.88. The van der Waals surface area contributed by atoms with Gasteiger partial charge in [-0.25, -0.2) is 0 Å². The lowest BCUT2D eigenvalue weighted by atomic mass is 10.1. The molecule has 1 saturated carbocycles. The molecule has 0 bridgehead atoms. The zero-order valence-electron chi connectivity index (χ0n) is 9.47. The predicted molar refractivity (Wildman–Crippen MR) is 63.2 cm³/mol. The van der Waals surface area contributed by atoms with Crippen molar-refractivity contribution in [2.24, 2.45) is 0 Å². The van der Waals surface area contributed by atoms with E-state index >= 15 is 0 Å². The van der Waals surface area contributed by atoms with Gasteiger partial charge in [0.2, 0.25) is 0 Å². The molecule has 2 heterocycles. The number of nitrogen functional groups attached to an aromatic ring is 1. The van der Waals surface area contributed by atoms with Gasteiger partial charge in [-0.15, -0.1) is 0 Å². The first-order chi connectivity index (χ1) is 8.34. The lowest BCUT2D eigenvalue weighted by molar-refractivity contribution is 0.416. The summed E-state index contributed by atoms with van der Waals surface area (Å²) >= 11 is 0. The fourth-order valence-corrected chi connectivity index (χ4v) is 2.28. The predicted octanol–water partition coefficient (Wildman–Crippen LogP) is 2.37. The molecule has 5 nitrogen and oxygen atoms in total. The zero-order chi connectivity index (χ0) is 11.7. The minimum atomic E-state index is 0.449. The van der Waals surface area contributed by atoms with Gasteiger partial charge in [0.15, 0.2) is 5.82 Å². The largest absolute Gasteiger partial charge is 0.398 e. The van der Waals surface area contributed by atoms with Crippen LogP contribution in [-0.2, 0) is 0 Å². The Labute approximate surface area is 99.1 Å². The van der Waals surface area contributed by atoms with Crippen molar-refractivity contribution in [3.63, 3.8) is 0 Å². The summed E-state index contributed by atoms with van der Waals surface area (Å²) in [7, 11) is 0. The molecule has 1 aliphatic rings. The fraction of sp³-hybridized carbons (Fsp3) is 0.417. The van der Waals surface area contributed by atoms with Crippen molar-refractivity contribution in [2.45, 2.75) is 31.6 Å². The van der Waals surface area contributed by atoms with Gasteiger partial charge in [0, 0.05) is 24.0 Å². The Morgan fingerprint density at radius 1 is 1.29 bits per heavy atom. The van der Waals surface area contributed by atoms with Crippen molar-refractivity contribution >= 4 is 5.69 Å². The number of nitrogens with zero attached hydrogens (tertiary/aromatic N) is 3. The van der Waals surface area contributed by atoms with Gasteiger partial charge in [0.05, 0.1) is 5.56 Å². The minimum absolute atomic E-state index is 0.449. The molecule has 0 aromatic carbocycles. The van der Waals surface area contributed by atoms with Crippen molar-refractivity contribution in [2.75, 3.05) is 5.73 Å². The molecule has 88 valence electrons. The van der Waals surface area contributed by atoms with Crippen LogP contribution in [0.3, 0.4) is 0 Å². The highest BCUT2D eigenvalue weighted by atomic mass is 16.5. The van der Waals surface area contributed by atoms with Gasteiger partial charge in [-0.3, -0.25) is 4.98 Å². The molecular formula is C12H14N4O. The maximum Gasteiger partial charge on any atom is 0.261 e. The number of nitrogens with two attached hydrogens (primary N) is 1. The van der Waals surface area contributed by atoms with E-state index in [0.717, 1.165) is 18.7 Å². The van der Waals surface area contributed by atoms with E-state index in [1.807, 2.05) is 0 Å². The molecule has 0 amide bonds. The summed E-state index contributed by atoms with van der Waals surface area (Å²) in [6.07, 6.45) is 8.12. The van der Waals surface area contributed by atoms with E-state index in [-0.39, 0.29) is 0 Å². The third-order valence-electron chi connectivity index (χ3n) is 3.25. The Balaban J connectivity index is 1.92. The second kappa shape index (κ2) is 4.16. The number of aromatic nitrogens is 3. The first kappa shape index (κ1) is 10.3. The SMILES string of the molecule is Nc1ccncc1-c1nc(C2CCCC2)no1. The van der Waals surface area contributed by atoms with E-state index in [4.69, 9.17) is 10.3 Å². The van der Waals surface area contributed by atoms with E-state index in [9.17, 15) is 0 Å². The molecule has 0 spiro atoms. The third kappa shape index (κ3) is 1.88. The highest BCUT2D eigenvalue weighted by Gasteiger charge is 2.23. The Morgan fingerprint density at radius 3 is 2.88 bits per heavy atom. The topological polar surface area (TPSA) is 77.8 Å². The Morgan fingerprint density at radius 2 is 2.12 bits per heavy atom. The lowest BCUT2D eigenvalue weighted by Crippen LogP contribution is -1.95. The van der Waals surface area contributed by atoms with Gasteiger partial charge >= 0.3 is 0 Å². The normalized spacial score (nSPS) is 16.5. The molecule has 2 aromatic rings. The number of pyridine rings is 1. The second-order valence-corrected chi connectivity index (χ2v) is 4.40. The molecular weight excluding hydrogens is 216 g/mol. The number of hydrogen-bond acceptors (Lipinski definition) is 5. The average molecular weight is 230 g/mol. The summed E-state index contributed by atoms with van der Waals surface area (Å²) in [6, 6.07) is 1.73. The van der Waals surface area contributed by atoms with Crippen molar-refractivity contribution < 1.29 is 4.52 Å². The van der Waals surface area contributed by atoms with Crippen molar-refractivity contribution in [3.05, 3.63) is 24.3 Å². The standard InChI is InChI=1S/C12H14N4O/c13-10-5-6-14-7-9(10)12-15-11(16-17-12)8-3-1-2-4-8/h5-8H,1-4H2,(H2,13,14). The maximum absolute atomic E-state index is 5.85. The van der Waals surface area contributed by atoms with Crippen molar-refractivity contribution in [1.29, 1.82) is 0 Å². The van der Waals surface area contributed by atoms with Gasteiger partial charge in [0.1, 0.15) is 0 Å². The van der Waals surface area contributed by atoms with Crippen molar-refractivity contribution in [3.8, 4) is 11.5 Å². The summed E-state index contributed by atoms with van der Waals surface area (Å²) in [5.74, 6) is 1.73. The van der Waals surface area contributed by atoms with Crippen molar-refractivity contribution in [1.82, 2.24) is 15.1 Å². The van der Waals surface area contributed by atoms with Crippen LogP contribution in [0.15, 0.2) is 23.0 Å². The number of anilines is 1. The maximum atomic E-state index is 5.85. The zero-order valence-corrected chi connectivity index (χ0v) is 9.47. The molecule has 17 heavy (non-hydrogen) atoms. The van der Waals surface area contributed by atoms with Gasteiger partial charge in [-0.1, -0.05) is 18.0 Å². The average Bonchev–Trinajstić information content (AvgIpc) is 3.00. The highest BCUT2D eigenvalue weighted by Crippen LogP contribution is 2.33. The van der Waals surface area contributed by atoms with E-state index in [1.54, 1.807) is 18.5 Å². The number of hydrogen-bond donors (Lipinski definition) is 1. The van der Waals surface area contributed by atoms with Crippen LogP contribution < -0.4 is 5.73 Å².